The van der Waals surface area contributed by atoms with Crippen molar-refractivity contribution in [3.8, 4) is 5.75 Å². The molecule has 1 aliphatic heterocycles. The van der Waals surface area contributed by atoms with Crippen LogP contribution in [-0.4, -0.2) is 39.6 Å². The Kier molecular flexibility index (Phi) is 6.25. The lowest BCUT2D eigenvalue weighted by molar-refractivity contribution is -0.384. The van der Waals surface area contributed by atoms with Gasteiger partial charge in [0.1, 0.15) is 16.6 Å². The van der Waals surface area contributed by atoms with Crippen LogP contribution in [-0.2, 0) is 9.59 Å². The van der Waals surface area contributed by atoms with E-state index in [4.69, 9.17) is 17.0 Å². The molecule has 0 atom stereocenters. The number of carbonyl (C=O) groups is 2. The molecular weight excluding hydrogens is 414 g/mol. The number of anilines is 1. The molecule has 0 aromatic heterocycles. The van der Waals surface area contributed by atoms with Crippen LogP contribution in [0.15, 0.2) is 53.4 Å². The van der Waals surface area contributed by atoms with E-state index >= 15 is 0 Å². The fourth-order valence-electron chi connectivity index (χ4n) is 2.53. The van der Waals surface area contributed by atoms with E-state index in [9.17, 15) is 19.7 Å². The number of nitrogens with zero attached hydrogens (tertiary/aromatic N) is 2. The monoisotopic (exact) mass is 429 g/mol. The number of thiocarbonyl (C=S) groups is 1. The first-order valence-electron chi connectivity index (χ1n) is 8.31. The maximum absolute atomic E-state index is 12.6. The van der Waals surface area contributed by atoms with Gasteiger partial charge in [0, 0.05) is 17.8 Å². The van der Waals surface area contributed by atoms with Crippen LogP contribution >= 0.6 is 24.0 Å². The highest BCUT2D eigenvalue weighted by molar-refractivity contribution is 8.26. The van der Waals surface area contributed by atoms with Gasteiger partial charge in [0.05, 0.1) is 16.9 Å². The third-order valence-electron chi connectivity index (χ3n) is 3.93. The third-order valence-corrected chi connectivity index (χ3v) is 5.31. The summed E-state index contributed by atoms with van der Waals surface area (Å²) in [7, 11) is 1.55. The van der Waals surface area contributed by atoms with Crippen LogP contribution in [0.1, 0.15) is 5.56 Å². The number of methoxy groups -OCH3 is 1. The summed E-state index contributed by atoms with van der Waals surface area (Å²) >= 11 is 6.26. The second kappa shape index (κ2) is 8.84. The molecule has 8 nitrogen and oxygen atoms in total. The Morgan fingerprint density at radius 2 is 2.03 bits per heavy atom. The quantitative estimate of drug-likeness (QED) is 0.325. The predicted molar refractivity (Wildman–Crippen MR) is 115 cm³/mol. The average Bonchev–Trinajstić information content (AvgIpc) is 2.96. The summed E-state index contributed by atoms with van der Waals surface area (Å²) in [6, 6.07) is 12.7. The molecule has 0 bridgehead atoms. The van der Waals surface area contributed by atoms with E-state index in [1.54, 1.807) is 37.4 Å². The van der Waals surface area contributed by atoms with Gasteiger partial charge in [0.25, 0.3) is 11.6 Å². The van der Waals surface area contributed by atoms with Crippen LogP contribution in [0.3, 0.4) is 0 Å². The summed E-state index contributed by atoms with van der Waals surface area (Å²) in [6.07, 6.45) is 1.52. The van der Waals surface area contributed by atoms with E-state index in [1.165, 1.54) is 29.2 Å². The minimum absolute atomic E-state index is 0.0758. The number of hydrogen-bond acceptors (Lipinski definition) is 7. The summed E-state index contributed by atoms with van der Waals surface area (Å²) in [6.45, 7) is -0.233. The molecule has 1 aliphatic rings. The van der Waals surface area contributed by atoms with Crippen molar-refractivity contribution in [3.05, 3.63) is 69.1 Å². The molecule has 1 N–H and O–H groups in total. The topological polar surface area (TPSA) is 102 Å². The number of carbonyl (C=O) groups excluding carboxylic acids is 2. The number of nitro benzene ring substituents is 1. The van der Waals surface area contributed by atoms with Gasteiger partial charge in [0.15, 0.2) is 0 Å². The summed E-state index contributed by atoms with van der Waals surface area (Å²) < 4.78 is 5.31. The van der Waals surface area contributed by atoms with Gasteiger partial charge in [-0.05, 0) is 35.9 Å². The van der Waals surface area contributed by atoms with Gasteiger partial charge in [-0.1, -0.05) is 36.1 Å². The first kappa shape index (κ1) is 20.5. The van der Waals surface area contributed by atoms with E-state index in [0.717, 1.165) is 11.8 Å². The smallest absolute Gasteiger partial charge is 0.270 e. The fourth-order valence-corrected chi connectivity index (χ4v) is 3.79. The summed E-state index contributed by atoms with van der Waals surface area (Å²) in [5, 5.41) is 13.6. The molecule has 0 spiro atoms. The molecule has 2 amide bonds. The molecule has 1 fully saturated rings. The number of nitrogens with one attached hydrogen (secondary N) is 1. The lowest BCUT2D eigenvalue weighted by Gasteiger charge is -2.14. The Balaban J connectivity index is 1.69. The van der Waals surface area contributed by atoms with Crippen LogP contribution in [0, 0.1) is 10.1 Å². The number of amides is 2. The molecular formula is C19H15N3O5S2. The summed E-state index contributed by atoms with van der Waals surface area (Å²) in [5.41, 5.74) is 0.990. The normalized spacial score (nSPS) is 14.9. The molecule has 2 aromatic rings. The molecule has 1 saturated heterocycles. The van der Waals surface area contributed by atoms with Crippen molar-refractivity contribution in [2.45, 2.75) is 0 Å². The van der Waals surface area contributed by atoms with E-state index in [-0.39, 0.29) is 16.6 Å². The number of rotatable bonds is 6. The lowest BCUT2D eigenvalue weighted by Crippen LogP contribution is -2.36. The largest absolute Gasteiger partial charge is 0.497 e. The van der Waals surface area contributed by atoms with Crippen LogP contribution in [0.25, 0.3) is 6.08 Å². The van der Waals surface area contributed by atoms with E-state index < -0.39 is 16.7 Å². The third kappa shape index (κ3) is 4.98. The van der Waals surface area contributed by atoms with Gasteiger partial charge in [-0.15, -0.1) is 0 Å². The van der Waals surface area contributed by atoms with Gasteiger partial charge >= 0.3 is 0 Å². The van der Waals surface area contributed by atoms with Crippen molar-refractivity contribution in [2.75, 3.05) is 19.0 Å². The van der Waals surface area contributed by atoms with Crippen molar-refractivity contribution < 1.29 is 19.2 Å². The van der Waals surface area contributed by atoms with Crippen LogP contribution in [0.5, 0.6) is 5.75 Å². The van der Waals surface area contributed by atoms with Crippen molar-refractivity contribution in [3.63, 3.8) is 0 Å². The number of hydrogen-bond donors (Lipinski definition) is 1. The molecule has 0 unspecified atom stereocenters. The minimum atomic E-state index is -0.508. The zero-order chi connectivity index (χ0) is 21.0. The van der Waals surface area contributed by atoms with Crippen LogP contribution in [0.2, 0.25) is 0 Å². The fraction of sp³-hybridized carbons (Fsp3) is 0.105. The molecule has 0 radical (unpaired) electrons. The van der Waals surface area contributed by atoms with Gasteiger partial charge in [-0.25, -0.2) is 0 Å². The molecule has 10 heteroatoms. The molecule has 0 aliphatic carbocycles. The Labute approximate surface area is 175 Å². The van der Waals surface area contributed by atoms with Crippen molar-refractivity contribution >= 4 is 57.6 Å². The molecule has 0 saturated carbocycles. The number of thioether (sulfide) groups is 1. The summed E-state index contributed by atoms with van der Waals surface area (Å²) in [4.78, 5) is 36.8. The van der Waals surface area contributed by atoms with Crippen LogP contribution in [0.4, 0.5) is 11.4 Å². The first-order chi connectivity index (χ1) is 13.9. The number of non-ortho nitro benzene ring substituents is 1. The van der Waals surface area contributed by atoms with Crippen molar-refractivity contribution in [1.29, 1.82) is 0 Å². The van der Waals surface area contributed by atoms with Crippen LogP contribution < -0.4 is 10.1 Å². The standard InChI is InChI=1S/C19H15N3O5S2/c1-27-15-7-5-13(6-8-15)20-17(23)11-21-18(24)16(29-19(21)28)10-12-3-2-4-14(9-12)22(25)26/h2-10H,11H2,1H3,(H,20,23)/b16-10-. The predicted octanol–water partition coefficient (Wildman–Crippen LogP) is 3.44. The zero-order valence-corrected chi connectivity index (χ0v) is 16.8. The Morgan fingerprint density at radius 3 is 2.69 bits per heavy atom. The van der Waals surface area contributed by atoms with E-state index in [0.29, 0.717) is 21.9 Å². The molecule has 29 heavy (non-hydrogen) atoms. The summed E-state index contributed by atoms with van der Waals surface area (Å²) in [5.74, 6) is -0.161. The minimum Gasteiger partial charge on any atom is -0.497 e. The SMILES string of the molecule is COc1ccc(NC(=O)CN2C(=O)/C(=C/c3cccc([N+](=O)[O-])c3)SC2=S)cc1. The van der Waals surface area contributed by atoms with E-state index in [2.05, 4.69) is 5.32 Å². The van der Waals surface area contributed by atoms with Crippen molar-refractivity contribution in [2.24, 2.45) is 0 Å². The zero-order valence-electron chi connectivity index (χ0n) is 15.2. The van der Waals surface area contributed by atoms with Crippen molar-refractivity contribution in [1.82, 2.24) is 4.90 Å². The van der Waals surface area contributed by atoms with Gasteiger partial charge < -0.3 is 10.1 Å². The van der Waals surface area contributed by atoms with E-state index in [1.807, 2.05) is 0 Å². The highest BCUT2D eigenvalue weighted by Gasteiger charge is 2.33. The number of benzene rings is 2. The maximum Gasteiger partial charge on any atom is 0.270 e. The van der Waals surface area contributed by atoms with Gasteiger partial charge in [-0.2, -0.15) is 0 Å². The van der Waals surface area contributed by atoms with Gasteiger partial charge in [0.2, 0.25) is 5.91 Å². The highest BCUT2D eigenvalue weighted by Crippen LogP contribution is 2.32. The molecule has 2 aromatic carbocycles. The molecule has 3 rings (SSSR count). The number of ether oxygens (including phenoxy) is 1. The Hall–Kier alpha value is -3.24. The Morgan fingerprint density at radius 1 is 1.31 bits per heavy atom. The number of nitro groups is 1. The average molecular weight is 429 g/mol. The second-order valence-electron chi connectivity index (χ2n) is 5.90. The lowest BCUT2D eigenvalue weighted by atomic mass is 10.2. The highest BCUT2D eigenvalue weighted by atomic mass is 32.2. The Bertz CT molecular complexity index is 1020. The first-order valence-corrected chi connectivity index (χ1v) is 9.53. The van der Waals surface area contributed by atoms with Gasteiger partial charge in [-0.3, -0.25) is 24.6 Å². The second-order valence-corrected chi connectivity index (χ2v) is 7.57. The molecule has 1 heterocycles. The molecule has 148 valence electrons. The maximum atomic E-state index is 12.6.